The highest BCUT2D eigenvalue weighted by Gasteiger charge is 2.14. The van der Waals surface area contributed by atoms with Crippen molar-refractivity contribution in [3.63, 3.8) is 0 Å². The van der Waals surface area contributed by atoms with Crippen LogP contribution in [0.1, 0.15) is 5.56 Å². The molecule has 0 aliphatic carbocycles. The van der Waals surface area contributed by atoms with Gasteiger partial charge in [-0.05, 0) is 23.8 Å². The Morgan fingerprint density at radius 1 is 1.19 bits per heavy atom. The van der Waals surface area contributed by atoms with Gasteiger partial charge in [0.2, 0.25) is 0 Å². The number of nitro groups is 1. The van der Waals surface area contributed by atoms with Crippen molar-refractivity contribution in [2.75, 3.05) is 19.0 Å². The molecule has 0 saturated carbocycles. The lowest BCUT2D eigenvalue weighted by Gasteiger charge is -2.10. The predicted octanol–water partition coefficient (Wildman–Crippen LogP) is 2.03. The van der Waals surface area contributed by atoms with Gasteiger partial charge in [0.25, 0.3) is 11.6 Å². The molecule has 0 atom stereocenters. The third-order valence-corrected chi connectivity index (χ3v) is 3.32. The second-order valence-electron chi connectivity index (χ2n) is 5.19. The number of non-ortho nitro benzene ring substituents is 1. The molecule has 0 spiro atoms. The van der Waals surface area contributed by atoms with Crippen molar-refractivity contribution in [2.24, 2.45) is 0 Å². The molecule has 0 aliphatic rings. The van der Waals surface area contributed by atoms with Gasteiger partial charge in [-0.15, -0.1) is 0 Å². The number of nitrogens with zero attached hydrogens (tertiary/aromatic N) is 1. The van der Waals surface area contributed by atoms with Gasteiger partial charge in [0, 0.05) is 6.07 Å². The van der Waals surface area contributed by atoms with Crippen molar-refractivity contribution >= 4 is 23.3 Å². The van der Waals surface area contributed by atoms with Gasteiger partial charge in [0.1, 0.15) is 11.5 Å². The first-order chi connectivity index (χ1) is 12.4. The van der Waals surface area contributed by atoms with Crippen LogP contribution in [0.5, 0.6) is 11.5 Å². The van der Waals surface area contributed by atoms with E-state index in [1.807, 2.05) is 0 Å². The van der Waals surface area contributed by atoms with E-state index in [4.69, 9.17) is 9.47 Å². The van der Waals surface area contributed by atoms with E-state index in [1.54, 1.807) is 12.1 Å². The lowest BCUT2D eigenvalue weighted by molar-refractivity contribution is -0.384. The molecule has 0 bridgehead atoms. The van der Waals surface area contributed by atoms with Crippen molar-refractivity contribution in [1.29, 1.82) is 0 Å². The van der Waals surface area contributed by atoms with Crippen molar-refractivity contribution in [3.8, 4) is 11.5 Å². The largest absolute Gasteiger partial charge is 0.508 e. The van der Waals surface area contributed by atoms with Crippen LogP contribution in [0.15, 0.2) is 42.5 Å². The smallest absolute Gasteiger partial charge is 0.310 e. The SMILES string of the molecule is COc1cc([N+](=O)[O-])ccc1NC(=O)COC(=O)Cc1ccc(O)cc1. The van der Waals surface area contributed by atoms with E-state index < -0.39 is 23.4 Å². The number of carbonyl (C=O) groups is 2. The van der Waals surface area contributed by atoms with Gasteiger partial charge >= 0.3 is 5.97 Å². The summed E-state index contributed by atoms with van der Waals surface area (Å²) in [5.41, 5.74) is 0.670. The number of phenols is 1. The quantitative estimate of drug-likeness (QED) is 0.439. The second kappa shape index (κ2) is 8.47. The number of hydrogen-bond acceptors (Lipinski definition) is 7. The van der Waals surface area contributed by atoms with Gasteiger partial charge in [0.05, 0.1) is 30.2 Å². The molecular weight excluding hydrogens is 344 g/mol. The minimum atomic E-state index is -0.615. The Morgan fingerprint density at radius 2 is 1.88 bits per heavy atom. The van der Waals surface area contributed by atoms with Crippen LogP contribution in [0.2, 0.25) is 0 Å². The molecule has 2 aromatic rings. The Bertz CT molecular complexity index is 818. The lowest BCUT2D eigenvalue weighted by atomic mass is 10.1. The zero-order chi connectivity index (χ0) is 19.1. The Morgan fingerprint density at radius 3 is 2.50 bits per heavy atom. The highest BCUT2D eigenvalue weighted by Crippen LogP contribution is 2.28. The number of nitrogens with one attached hydrogen (secondary N) is 1. The van der Waals surface area contributed by atoms with Crippen LogP contribution >= 0.6 is 0 Å². The second-order valence-corrected chi connectivity index (χ2v) is 5.19. The lowest BCUT2D eigenvalue weighted by Crippen LogP contribution is -2.22. The number of amides is 1. The third kappa shape index (κ3) is 5.20. The summed E-state index contributed by atoms with van der Waals surface area (Å²) >= 11 is 0. The van der Waals surface area contributed by atoms with Crippen LogP contribution < -0.4 is 10.1 Å². The number of anilines is 1. The molecule has 0 saturated heterocycles. The number of benzene rings is 2. The van der Waals surface area contributed by atoms with Crippen LogP contribution in [0.4, 0.5) is 11.4 Å². The molecule has 2 aromatic carbocycles. The average molecular weight is 360 g/mol. The molecule has 9 heteroatoms. The number of hydrogen-bond donors (Lipinski definition) is 2. The van der Waals surface area contributed by atoms with Crippen LogP contribution in [0.3, 0.4) is 0 Å². The molecule has 0 fully saturated rings. The monoisotopic (exact) mass is 360 g/mol. The minimum Gasteiger partial charge on any atom is -0.508 e. The summed E-state index contributed by atoms with van der Waals surface area (Å²) in [5, 5.41) is 22.4. The normalized spacial score (nSPS) is 10.0. The number of aromatic hydroxyl groups is 1. The maximum Gasteiger partial charge on any atom is 0.310 e. The number of methoxy groups -OCH3 is 1. The molecule has 0 radical (unpaired) electrons. The maximum atomic E-state index is 11.9. The molecule has 9 nitrogen and oxygen atoms in total. The third-order valence-electron chi connectivity index (χ3n) is 3.32. The molecule has 26 heavy (non-hydrogen) atoms. The molecule has 2 N–H and O–H groups in total. The minimum absolute atomic E-state index is 0.0472. The Balaban J connectivity index is 1.89. The summed E-state index contributed by atoms with van der Waals surface area (Å²) < 4.78 is 9.89. The highest BCUT2D eigenvalue weighted by atomic mass is 16.6. The van der Waals surface area contributed by atoms with Gasteiger partial charge in [-0.2, -0.15) is 0 Å². The number of esters is 1. The Labute approximate surface area is 148 Å². The fraction of sp³-hybridized carbons (Fsp3) is 0.176. The summed E-state index contributed by atoms with van der Waals surface area (Å²) in [6.07, 6.45) is -0.0472. The zero-order valence-corrected chi connectivity index (χ0v) is 13.8. The van der Waals surface area contributed by atoms with Gasteiger partial charge in [0.15, 0.2) is 6.61 Å². The summed E-state index contributed by atoms with van der Waals surface area (Å²) in [7, 11) is 1.31. The summed E-state index contributed by atoms with van der Waals surface area (Å²) in [5.74, 6) is -1.03. The number of phenolic OH excluding ortho intramolecular Hbond substituents is 1. The molecule has 2 rings (SSSR count). The fourth-order valence-electron chi connectivity index (χ4n) is 2.06. The van der Waals surface area contributed by atoms with Crippen molar-refractivity contribution in [2.45, 2.75) is 6.42 Å². The molecule has 0 unspecified atom stereocenters. The first kappa shape index (κ1) is 18.7. The fourth-order valence-corrected chi connectivity index (χ4v) is 2.06. The summed E-state index contributed by atoms with van der Waals surface area (Å²) in [6.45, 7) is -0.517. The van der Waals surface area contributed by atoms with E-state index in [0.29, 0.717) is 5.56 Å². The van der Waals surface area contributed by atoms with Crippen molar-refractivity contribution < 1.29 is 29.1 Å². The molecule has 0 heterocycles. The van der Waals surface area contributed by atoms with Crippen molar-refractivity contribution in [1.82, 2.24) is 0 Å². The van der Waals surface area contributed by atoms with Gasteiger partial charge in [-0.1, -0.05) is 12.1 Å². The maximum absolute atomic E-state index is 11.9. The van der Waals surface area contributed by atoms with E-state index in [9.17, 15) is 24.8 Å². The summed E-state index contributed by atoms with van der Waals surface area (Å²) in [6, 6.07) is 9.73. The molecule has 0 aromatic heterocycles. The highest BCUT2D eigenvalue weighted by molar-refractivity contribution is 5.94. The topological polar surface area (TPSA) is 128 Å². The standard InChI is InChI=1S/C17H16N2O7/c1-25-15-9-12(19(23)24)4-7-14(15)18-16(21)10-26-17(22)8-11-2-5-13(20)6-3-11/h2-7,9,20H,8,10H2,1H3,(H,18,21). The van der Waals surface area contributed by atoms with E-state index in [2.05, 4.69) is 5.32 Å². The van der Waals surface area contributed by atoms with Gasteiger partial charge in [-0.25, -0.2) is 0 Å². The van der Waals surface area contributed by atoms with Crippen LogP contribution in [0.25, 0.3) is 0 Å². The summed E-state index contributed by atoms with van der Waals surface area (Å²) in [4.78, 5) is 33.8. The number of nitro benzene ring substituents is 1. The number of carbonyl (C=O) groups excluding carboxylic acids is 2. The van der Waals surface area contributed by atoms with Crippen LogP contribution in [-0.2, 0) is 20.7 Å². The Hall–Kier alpha value is -3.62. The van der Waals surface area contributed by atoms with Crippen LogP contribution in [-0.4, -0.2) is 35.6 Å². The van der Waals surface area contributed by atoms with E-state index >= 15 is 0 Å². The predicted molar refractivity (Wildman–Crippen MR) is 91.0 cm³/mol. The van der Waals surface area contributed by atoms with Gasteiger partial charge in [-0.3, -0.25) is 19.7 Å². The van der Waals surface area contributed by atoms with E-state index in [1.165, 1.54) is 37.4 Å². The molecular formula is C17H16N2O7. The first-order valence-corrected chi connectivity index (χ1v) is 7.45. The average Bonchev–Trinajstić information content (AvgIpc) is 2.62. The molecule has 0 aliphatic heterocycles. The molecule has 1 amide bonds. The molecule has 136 valence electrons. The number of rotatable bonds is 7. The van der Waals surface area contributed by atoms with E-state index in [-0.39, 0.29) is 29.3 Å². The first-order valence-electron chi connectivity index (χ1n) is 7.45. The Kier molecular flexibility index (Phi) is 6.10. The number of ether oxygens (including phenoxy) is 2. The zero-order valence-electron chi connectivity index (χ0n) is 13.8. The van der Waals surface area contributed by atoms with Crippen LogP contribution in [0, 0.1) is 10.1 Å². The van der Waals surface area contributed by atoms with E-state index in [0.717, 1.165) is 0 Å². The van der Waals surface area contributed by atoms with Gasteiger partial charge < -0.3 is 19.9 Å². The van der Waals surface area contributed by atoms with Crippen molar-refractivity contribution in [3.05, 3.63) is 58.1 Å².